The largest absolute Gasteiger partial charge is 0.380 e. The minimum absolute atomic E-state index is 0.409. The van der Waals surface area contributed by atoms with Crippen LogP contribution in [0.4, 0.5) is 5.82 Å². The van der Waals surface area contributed by atoms with Gasteiger partial charge in [0.15, 0.2) is 11.6 Å². The van der Waals surface area contributed by atoms with E-state index in [1.54, 1.807) is 0 Å². The lowest BCUT2D eigenvalue weighted by molar-refractivity contribution is 0.436. The molecule has 2 aromatic carbocycles. The number of halogens is 1. The molecule has 0 unspecified atom stereocenters. The van der Waals surface area contributed by atoms with Crippen molar-refractivity contribution in [3.63, 3.8) is 0 Å². The van der Waals surface area contributed by atoms with Crippen LogP contribution in [-0.2, 0) is 0 Å². The van der Waals surface area contributed by atoms with Crippen LogP contribution in [0, 0.1) is 13.8 Å². The van der Waals surface area contributed by atoms with E-state index in [-0.39, 0.29) is 0 Å². The van der Waals surface area contributed by atoms with Crippen LogP contribution in [-0.4, -0.2) is 5.16 Å². The molecule has 4 heteroatoms. The van der Waals surface area contributed by atoms with Crippen LogP contribution in [0.5, 0.6) is 0 Å². The highest BCUT2D eigenvalue weighted by molar-refractivity contribution is 9.10. The van der Waals surface area contributed by atoms with Crippen molar-refractivity contribution in [2.45, 2.75) is 13.8 Å². The number of anilines is 1. The normalized spacial score (nSPS) is 10.8. The molecular formula is C17H15BrN2O. The zero-order valence-electron chi connectivity index (χ0n) is 11.9. The van der Waals surface area contributed by atoms with Gasteiger partial charge in [0.1, 0.15) is 0 Å². The van der Waals surface area contributed by atoms with Crippen LogP contribution < -0.4 is 5.73 Å². The van der Waals surface area contributed by atoms with Crippen molar-refractivity contribution >= 4 is 21.7 Å². The number of benzene rings is 2. The van der Waals surface area contributed by atoms with E-state index in [9.17, 15) is 0 Å². The van der Waals surface area contributed by atoms with Gasteiger partial charge in [-0.2, -0.15) is 0 Å². The number of rotatable bonds is 2. The van der Waals surface area contributed by atoms with Crippen molar-refractivity contribution in [1.29, 1.82) is 0 Å². The second-order valence-electron chi connectivity index (χ2n) is 5.16. The maximum absolute atomic E-state index is 6.01. The van der Waals surface area contributed by atoms with Crippen molar-refractivity contribution < 1.29 is 4.52 Å². The molecule has 0 atom stereocenters. The maximum Gasteiger partial charge on any atom is 0.176 e. The zero-order chi connectivity index (χ0) is 15.0. The number of hydrogen-bond acceptors (Lipinski definition) is 3. The monoisotopic (exact) mass is 342 g/mol. The minimum atomic E-state index is 0.409. The van der Waals surface area contributed by atoms with E-state index in [0.717, 1.165) is 26.7 Å². The van der Waals surface area contributed by atoms with Gasteiger partial charge in [0.05, 0.1) is 5.56 Å². The van der Waals surface area contributed by atoms with Crippen molar-refractivity contribution in [1.82, 2.24) is 5.16 Å². The molecule has 3 nitrogen and oxygen atoms in total. The molecule has 2 N–H and O–H groups in total. The molecule has 0 fully saturated rings. The molecule has 0 aliphatic carbocycles. The predicted molar refractivity (Wildman–Crippen MR) is 89.0 cm³/mol. The van der Waals surface area contributed by atoms with Gasteiger partial charge in [-0.15, -0.1) is 0 Å². The third-order valence-electron chi connectivity index (χ3n) is 3.36. The molecule has 0 bridgehead atoms. The maximum atomic E-state index is 6.01. The van der Waals surface area contributed by atoms with Crippen molar-refractivity contribution in [3.05, 3.63) is 58.1 Å². The molecule has 0 radical (unpaired) electrons. The second-order valence-corrected chi connectivity index (χ2v) is 6.07. The Balaban J connectivity index is 2.19. The Morgan fingerprint density at radius 2 is 1.67 bits per heavy atom. The summed E-state index contributed by atoms with van der Waals surface area (Å²) >= 11 is 3.51. The van der Waals surface area contributed by atoms with Crippen LogP contribution in [0.3, 0.4) is 0 Å². The van der Waals surface area contributed by atoms with Crippen molar-refractivity contribution in [3.8, 4) is 22.5 Å². The van der Waals surface area contributed by atoms with Gasteiger partial charge in [0.2, 0.25) is 0 Å². The number of nitrogens with zero attached hydrogens (tertiary/aromatic N) is 1. The minimum Gasteiger partial charge on any atom is -0.380 e. The Kier molecular flexibility index (Phi) is 3.55. The Hall–Kier alpha value is -2.07. The SMILES string of the molecule is Cc1ccc(-c2c(N)noc2-c2cc(C)cc(Br)c2)cc1. The predicted octanol–water partition coefficient (Wildman–Crippen LogP) is 4.97. The molecule has 0 saturated heterocycles. The van der Waals surface area contributed by atoms with Gasteiger partial charge in [-0.25, -0.2) is 0 Å². The van der Waals surface area contributed by atoms with Crippen molar-refractivity contribution in [2.75, 3.05) is 5.73 Å². The molecule has 0 spiro atoms. The summed E-state index contributed by atoms with van der Waals surface area (Å²) in [6, 6.07) is 14.3. The molecule has 0 aliphatic heterocycles. The Bertz CT molecular complexity index is 771. The van der Waals surface area contributed by atoms with E-state index >= 15 is 0 Å². The number of aromatic nitrogens is 1. The summed E-state index contributed by atoms with van der Waals surface area (Å²) in [5.41, 5.74) is 11.2. The average molecular weight is 343 g/mol. The molecule has 1 aromatic heterocycles. The topological polar surface area (TPSA) is 52.0 Å². The second kappa shape index (κ2) is 5.37. The molecule has 21 heavy (non-hydrogen) atoms. The van der Waals surface area contributed by atoms with Gasteiger partial charge in [-0.05, 0) is 43.2 Å². The van der Waals surface area contributed by atoms with Gasteiger partial charge in [0, 0.05) is 10.0 Å². The number of hydrogen-bond donors (Lipinski definition) is 1. The molecule has 0 saturated carbocycles. The highest BCUT2D eigenvalue weighted by atomic mass is 79.9. The quantitative estimate of drug-likeness (QED) is 0.715. The van der Waals surface area contributed by atoms with Crippen molar-refractivity contribution in [2.24, 2.45) is 0 Å². The van der Waals surface area contributed by atoms with Crippen LogP contribution in [0.15, 0.2) is 51.5 Å². The first-order valence-electron chi connectivity index (χ1n) is 6.64. The lowest BCUT2D eigenvalue weighted by Crippen LogP contribution is -1.89. The fourth-order valence-corrected chi connectivity index (χ4v) is 2.97. The van der Waals surface area contributed by atoms with Gasteiger partial charge in [-0.3, -0.25) is 0 Å². The lowest BCUT2D eigenvalue weighted by atomic mass is 10.00. The first-order valence-corrected chi connectivity index (χ1v) is 7.43. The fraction of sp³-hybridized carbons (Fsp3) is 0.118. The zero-order valence-corrected chi connectivity index (χ0v) is 13.4. The molecule has 106 valence electrons. The Morgan fingerprint density at radius 3 is 2.33 bits per heavy atom. The summed E-state index contributed by atoms with van der Waals surface area (Å²) in [5, 5.41) is 3.94. The lowest BCUT2D eigenvalue weighted by Gasteiger charge is -2.05. The third-order valence-corrected chi connectivity index (χ3v) is 3.82. The Labute approximate surface area is 131 Å². The summed E-state index contributed by atoms with van der Waals surface area (Å²) in [4.78, 5) is 0. The molecule has 3 rings (SSSR count). The number of nitrogens with two attached hydrogens (primary N) is 1. The van der Waals surface area contributed by atoms with E-state index in [0.29, 0.717) is 11.6 Å². The molecule has 3 aromatic rings. The first-order chi connectivity index (χ1) is 10.0. The average Bonchev–Trinajstić information content (AvgIpc) is 2.80. The van der Waals surface area contributed by atoms with Crippen LogP contribution in [0.25, 0.3) is 22.5 Å². The highest BCUT2D eigenvalue weighted by Crippen LogP contribution is 2.37. The van der Waals surface area contributed by atoms with Gasteiger partial charge >= 0.3 is 0 Å². The molecule has 0 amide bonds. The fourth-order valence-electron chi connectivity index (χ4n) is 2.37. The highest BCUT2D eigenvalue weighted by Gasteiger charge is 2.18. The standard InChI is InChI=1S/C17H15BrN2O/c1-10-3-5-12(6-4-10)15-16(21-20-17(15)19)13-7-11(2)8-14(18)9-13/h3-9H,1-2H3,(H2,19,20). The van der Waals surface area contributed by atoms with Crippen LogP contribution >= 0.6 is 15.9 Å². The number of nitrogen functional groups attached to an aromatic ring is 1. The van der Waals surface area contributed by atoms with Crippen LogP contribution in [0.2, 0.25) is 0 Å². The van der Waals surface area contributed by atoms with E-state index in [1.807, 2.05) is 25.1 Å². The summed E-state index contributed by atoms with van der Waals surface area (Å²) in [6.45, 7) is 4.10. The van der Waals surface area contributed by atoms with E-state index < -0.39 is 0 Å². The summed E-state index contributed by atoms with van der Waals surface area (Å²) in [5.74, 6) is 1.10. The summed E-state index contributed by atoms with van der Waals surface area (Å²) in [7, 11) is 0. The van der Waals surface area contributed by atoms with E-state index in [4.69, 9.17) is 10.3 Å². The third kappa shape index (κ3) is 2.72. The summed E-state index contributed by atoms with van der Waals surface area (Å²) in [6.07, 6.45) is 0. The molecule has 0 aliphatic rings. The van der Waals surface area contributed by atoms with E-state index in [1.165, 1.54) is 5.56 Å². The van der Waals surface area contributed by atoms with Gasteiger partial charge in [0.25, 0.3) is 0 Å². The summed E-state index contributed by atoms with van der Waals surface area (Å²) < 4.78 is 6.48. The molecular weight excluding hydrogens is 328 g/mol. The Morgan fingerprint density at radius 1 is 0.952 bits per heavy atom. The first kappa shape index (κ1) is 13.9. The van der Waals surface area contributed by atoms with Gasteiger partial charge < -0.3 is 10.3 Å². The smallest absolute Gasteiger partial charge is 0.176 e. The number of aryl methyl sites for hydroxylation is 2. The van der Waals surface area contributed by atoms with Crippen LogP contribution in [0.1, 0.15) is 11.1 Å². The molecule has 1 heterocycles. The van der Waals surface area contributed by atoms with E-state index in [2.05, 4.69) is 52.3 Å². The van der Waals surface area contributed by atoms with Gasteiger partial charge in [-0.1, -0.05) is 50.9 Å².